The number of rotatable bonds is 5. The maximum atomic E-state index is 12.2. The monoisotopic (exact) mass is 332 g/mol. The van der Waals surface area contributed by atoms with Crippen molar-refractivity contribution in [3.63, 3.8) is 0 Å². The average Bonchev–Trinajstić information content (AvgIpc) is 2.62. The number of anilines is 1. The quantitative estimate of drug-likeness (QED) is 0.842. The number of carbonyl (C=O) groups is 1. The van der Waals surface area contributed by atoms with E-state index in [4.69, 9.17) is 0 Å². The molecule has 1 aliphatic heterocycles. The molecule has 0 bridgehead atoms. The Labute approximate surface area is 143 Å². The van der Waals surface area contributed by atoms with Gasteiger partial charge in [-0.05, 0) is 25.0 Å². The normalized spacial score (nSPS) is 21.5. The van der Waals surface area contributed by atoms with Gasteiger partial charge in [-0.25, -0.2) is 4.98 Å². The molecule has 2 heterocycles. The van der Waals surface area contributed by atoms with Gasteiger partial charge >= 0.3 is 0 Å². The molecular weight excluding hydrogens is 304 g/mol. The molecule has 132 valence electrons. The molecule has 3 rings (SSSR count). The first-order valence-electron chi connectivity index (χ1n) is 9.02. The van der Waals surface area contributed by atoms with Crippen LogP contribution in [0.5, 0.6) is 0 Å². The van der Waals surface area contributed by atoms with Gasteiger partial charge in [-0.1, -0.05) is 25.3 Å². The van der Waals surface area contributed by atoms with Crippen molar-refractivity contribution in [1.29, 1.82) is 0 Å². The molecule has 1 aromatic rings. The highest BCUT2D eigenvalue weighted by molar-refractivity contribution is 5.78. The summed E-state index contributed by atoms with van der Waals surface area (Å²) < 4.78 is 0. The number of carbonyl (C=O) groups excluding carboxylic acids is 1. The minimum atomic E-state index is -0.689. The molecule has 24 heavy (non-hydrogen) atoms. The van der Waals surface area contributed by atoms with Crippen molar-refractivity contribution in [1.82, 2.24) is 15.2 Å². The Kier molecular flexibility index (Phi) is 5.68. The number of nitrogens with one attached hydrogen (secondary N) is 1. The number of amides is 1. The van der Waals surface area contributed by atoms with E-state index in [0.717, 1.165) is 57.7 Å². The molecule has 2 aliphatic rings. The predicted octanol–water partition coefficient (Wildman–Crippen LogP) is 1.02. The third-order valence-electron chi connectivity index (χ3n) is 5.11. The second-order valence-electron chi connectivity index (χ2n) is 7.01. The van der Waals surface area contributed by atoms with Crippen LogP contribution < -0.4 is 10.2 Å². The summed E-state index contributed by atoms with van der Waals surface area (Å²) in [7, 11) is 0. The minimum absolute atomic E-state index is 0.0142. The molecule has 1 saturated carbocycles. The smallest absolute Gasteiger partial charge is 0.234 e. The topological polar surface area (TPSA) is 68.7 Å². The molecule has 1 aromatic heterocycles. The van der Waals surface area contributed by atoms with Crippen LogP contribution in [0.3, 0.4) is 0 Å². The third kappa shape index (κ3) is 4.68. The highest BCUT2D eigenvalue weighted by Gasteiger charge is 2.29. The predicted molar refractivity (Wildman–Crippen MR) is 93.9 cm³/mol. The van der Waals surface area contributed by atoms with E-state index >= 15 is 0 Å². The Bertz CT molecular complexity index is 523. The Hall–Kier alpha value is -1.66. The molecule has 2 fully saturated rings. The Morgan fingerprint density at radius 3 is 2.58 bits per heavy atom. The first kappa shape index (κ1) is 17.2. The first-order chi connectivity index (χ1) is 11.6. The summed E-state index contributed by atoms with van der Waals surface area (Å²) in [6.07, 6.45) is 6.72. The lowest BCUT2D eigenvalue weighted by molar-refractivity contribution is -0.124. The van der Waals surface area contributed by atoms with Gasteiger partial charge in [-0.2, -0.15) is 0 Å². The minimum Gasteiger partial charge on any atom is -0.388 e. The fourth-order valence-corrected chi connectivity index (χ4v) is 3.58. The van der Waals surface area contributed by atoms with Crippen molar-refractivity contribution in [2.24, 2.45) is 0 Å². The van der Waals surface area contributed by atoms with Crippen molar-refractivity contribution in [3.8, 4) is 0 Å². The van der Waals surface area contributed by atoms with Crippen LogP contribution in [-0.2, 0) is 4.79 Å². The van der Waals surface area contributed by atoms with Gasteiger partial charge in [0.05, 0.1) is 12.1 Å². The van der Waals surface area contributed by atoms with Crippen molar-refractivity contribution in [3.05, 3.63) is 24.4 Å². The largest absolute Gasteiger partial charge is 0.388 e. The summed E-state index contributed by atoms with van der Waals surface area (Å²) in [5.74, 6) is 1.02. The van der Waals surface area contributed by atoms with Crippen molar-refractivity contribution in [2.75, 3.05) is 44.2 Å². The molecule has 6 nitrogen and oxygen atoms in total. The highest BCUT2D eigenvalue weighted by Crippen LogP contribution is 2.27. The van der Waals surface area contributed by atoms with Crippen LogP contribution in [0.4, 0.5) is 5.82 Å². The molecule has 0 atom stereocenters. The van der Waals surface area contributed by atoms with Crippen molar-refractivity contribution < 1.29 is 9.90 Å². The molecule has 1 saturated heterocycles. The Morgan fingerprint density at radius 2 is 1.92 bits per heavy atom. The van der Waals surface area contributed by atoms with Crippen LogP contribution in [0, 0.1) is 0 Å². The van der Waals surface area contributed by atoms with Gasteiger partial charge in [0, 0.05) is 38.9 Å². The van der Waals surface area contributed by atoms with E-state index in [1.165, 1.54) is 6.42 Å². The van der Waals surface area contributed by atoms with Crippen LogP contribution in [-0.4, -0.2) is 65.8 Å². The average molecular weight is 332 g/mol. The molecule has 1 amide bonds. The summed E-state index contributed by atoms with van der Waals surface area (Å²) in [5.41, 5.74) is -0.689. The lowest BCUT2D eigenvalue weighted by atomic mass is 9.85. The SMILES string of the molecule is O=C(CN1CCN(c2ccccn2)CC1)NCC1(O)CCCCC1. The molecule has 0 unspecified atom stereocenters. The van der Waals surface area contributed by atoms with E-state index in [2.05, 4.69) is 20.1 Å². The fraction of sp³-hybridized carbons (Fsp3) is 0.667. The summed E-state index contributed by atoms with van der Waals surface area (Å²) in [4.78, 5) is 21.0. The fourth-order valence-electron chi connectivity index (χ4n) is 3.58. The number of aromatic nitrogens is 1. The summed E-state index contributed by atoms with van der Waals surface area (Å²) >= 11 is 0. The van der Waals surface area contributed by atoms with Gasteiger partial charge < -0.3 is 15.3 Å². The number of aliphatic hydroxyl groups is 1. The van der Waals surface area contributed by atoms with E-state index in [1.807, 2.05) is 24.4 Å². The van der Waals surface area contributed by atoms with Crippen LogP contribution in [0.15, 0.2) is 24.4 Å². The maximum absolute atomic E-state index is 12.2. The molecule has 6 heteroatoms. The molecule has 1 aliphatic carbocycles. The standard InChI is InChI=1S/C18H28N4O2/c23-17(20-15-18(24)7-3-1-4-8-18)14-21-10-12-22(13-11-21)16-6-2-5-9-19-16/h2,5-6,9,24H,1,3-4,7-8,10-15H2,(H,20,23). The Morgan fingerprint density at radius 1 is 1.17 bits per heavy atom. The van der Waals surface area contributed by atoms with Gasteiger partial charge in [0.25, 0.3) is 0 Å². The van der Waals surface area contributed by atoms with Crippen molar-refractivity contribution >= 4 is 11.7 Å². The van der Waals surface area contributed by atoms with Gasteiger partial charge in [-0.3, -0.25) is 9.69 Å². The lowest BCUT2D eigenvalue weighted by Crippen LogP contribution is -2.51. The van der Waals surface area contributed by atoms with Gasteiger partial charge in [-0.15, -0.1) is 0 Å². The number of pyridine rings is 1. The number of hydrogen-bond acceptors (Lipinski definition) is 5. The maximum Gasteiger partial charge on any atom is 0.234 e. The van der Waals surface area contributed by atoms with E-state index in [-0.39, 0.29) is 5.91 Å². The van der Waals surface area contributed by atoms with Crippen molar-refractivity contribution in [2.45, 2.75) is 37.7 Å². The van der Waals surface area contributed by atoms with E-state index in [1.54, 1.807) is 0 Å². The summed E-state index contributed by atoms with van der Waals surface area (Å²) in [5, 5.41) is 13.4. The highest BCUT2D eigenvalue weighted by atomic mass is 16.3. The molecular formula is C18H28N4O2. The molecule has 0 spiro atoms. The number of nitrogens with zero attached hydrogens (tertiary/aromatic N) is 3. The first-order valence-corrected chi connectivity index (χ1v) is 9.02. The van der Waals surface area contributed by atoms with E-state index < -0.39 is 5.60 Å². The van der Waals surface area contributed by atoms with Crippen LogP contribution in [0.1, 0.15) is 32.1 Å². The van der Waals surface area contributed by atoms with Gasteiger partial charge in [0.2, 0.25) is 5.91 Å². The second-order valence-corrected chi connectivity index (χ2v) is 7.01. The van der Waals surface area contributed by atoms with Gasteiger partial charge in [0.15, 0.2) is 0 Å². The third-order valence-corrected chi connectivity index (χ3v) is 5.11. The zero-order valence-electron chi connectivity index (χ0n) is 14.3. The molecule has 2 N–H and O–H groups in total. The second kappa shape index (κ2) is 7.94. The van der Waals surface area contributed by atoms with Crippen LogP contribution >= 0.6 is 0 Å². The van der Waals surface area contributed by atoms with Crippen LogP contribution in [0.2, 0.25) is 0 Å². The van der Waals surface area contributed by atoms with Gasteiger partial charge in [0.1, 0.15) is 5.82 Å². The zero-order chi connectivity index (χ0) is 16.8. The molecule has 0 radical (unpaired) electrons. The Balaban J connectivity index is 1.38. The lowest BCUT2D eigenvalue weighted by Gasteiger charge is -2.35. The van der Waals surface area contributed by atoms with E-state index in [9.17, 15) is 9.90 Å². The summed E-state index contributed by atoms with van der Waals surface area (Å²) in [6, 6.07) is 5.94. The zero-order valence-corrected chi connectivity index (χ0v) is 14.3. The summed E-state index contributed by atoms with van der Waals surface area (Å²) in [6.45, 7) is 4.27. The molecule has 0 aromatic carbocycles. The number of piperazine rings is 1. The van der Waals surface area contributed by atoms with E-state index in [0.29, 0.717) is 13.1 Å². The number of hydrogen-bond donors (Lipinski definition) is 2. The van der Waals surface area contributed by atoms with Crippen LogP contribution in [0.25, 0.3) is 0 Å².